The molecule has 1 aliphatic heterocycles. The Hall–Kier alpha value is -3.07. The largest absolute Gasteiger partial charge is 0.423 e. The van der Waals surface area contributed by atoms with Crippen LogP contribution < -0.4 is 10.9 Å². The maximum absolute atomic E-state index is 13.7. The van der Waals surface area contributed by atoms with E-state index >= 15 is 0 Å². The third-order valence-electron chi connectivity index (χ3n) is 4.89. The molecular formula is C20H13BrF2N2O4. The molecule has 1 aliphatic rings. The molecule has 1 N–H and O–H groups in total. The second kappa shape index (κ2) is 6.77. The summed E-state index contributed by atoms with van der Waals surface area (Å²) in [5, 5.41) is 3.09. The fourth-order valence-corrected chi connectivity index (χ4v) is 3.69. The van der Waals surface area contributed by atoms with Crippen LogP contribution in [-0.4, -0.2) is 16.8 Å². The molecule has 0 saturated carbocycles. The van der Waals surface area contributed by atoms with Crippen LogP contribution in [0.2, 0.25) is 0 Å². The van der Waals surface area contributed by atoms with E-state index in [2.05, 4.69) is 21.2 Å². The van der Waals surface area contributed by atoms with E-state index in [9.17, 15) is 23.2 Å². The Bertz CT molecular complexity index is 1240. The minimum Gasteiger partial charge on any atom is -0.423 e. The molecule has 0 aliphatic carbocycles. The normalized spacial score (nSPS) is 19.1. The lowest BCUT2D eigenvalue weighted by Crippen LogP contribution is -2.41. The summed E-state index contributed by atoms with van der Waals surface area (Å²) in [6.07, 6.45) is 0. The molecule has 1 aromatic heterocycles. The molecule has 9 heteroatoms. The monoisotopic (exact) mass is 462 g/mol. The van der Waals surface area contributed by atoms with Gasteiger partial charge in [0.25, 0.3) is 5.91 Å². The first-order chi connectivity index (χ1) is 13.7. The predicted molar refractivity (Wildman–Crippen MR) is 103 cm³/mol. The lowest BCUT2D eigenvalue weighted by Gasteiger charge is -2.22. The van der Waals surface area contributed by atoms with Gasteiger partial charge >= 0.3 is 11.7 Å². The Balaban J connectivity index is 1.73. The number of nitrogens with zero attached hydrogens (tertiary/aromatic N) is 1. The first-order valence-electron chi connectivity index (χ1n) is 8.51. The van der Waals surface area contributed by atoms with Gasteiger partial charge in [-0.25, -0.2) is 18.4 Å². The summed E-state index contributed by atoms with van der Waals surface area (Å²) in [6, 6.07) is 8.56. The third kappa shape index (κ3) is 3.21. The van der Waals surface area contributed by atoms with Gasteiger partial charge in [-0.3, -0.25) is 9.69 Å². The van der Waals surface area contributed by atoms with Crippen LogP contribution in [0.5, 0.6) is 0 Å². The predicted octanol–water partition coefficient (Wildman–Crippen LogP) is 3.80. The van der Waals surface area contributed by atoms with Crippen molar-refractivity contribution in [2.24, 2.45) is 0 Å². The van der Waals surface area contributed by atoms with Gasteiger partial charge < -0.3 is 9.73 Å². The van der Waals surface area contributed by atoms with E-state index in [1.165, 1.54) is 19.1 Å². The average molecular weight is 463 g/mol. The smallest absolute Gasteiger partial charge is 0.336 e. The van der Waals surface area contributed by atoms with Crippen LogP contribution in [0.15, 0.2) is 56.1 Å². The molecule has 1 atom stereocenters. The van der Waals surface area contributed by atoms with Gasteiger partial charge in [0.15, 0.2) is 11.6 Å². The fraction of sp³-hybridized carbons (Fsp3) is 0.150. The van der Waals surface area contributed by atoms with Crippen molar-refractivity contribution in [1.29, 1.82) is 0 Å². The highest BCUT2D eigenvalue weighted by atomic mass is 79.9. The molecule has 29 heavy (non-hydrogen) atoms. The molecule has 2 aromatic carbocycles. The molecular weight excluding hydrogens is 450 g/mol. The number of rotatable bonds is 3. The SMILES string of the molecule is CC1(c2ccc(F)c(F)c2)NC(=O)N(Cc2cc(=O)oc3cc(Br)ccc23)C1=O. The summed E-state index contributed by atoms with van der Waals surface area (Å²) in [5.41, 5.74) is -1.36. The number of fused-ring (bicyclic) bond motifs is 1. The van der Waals surface area contributed by atoms with E-state index in [0.29, 0.717) is 21.0 Å². The topological polar surface area (TPSA) is 79.6 Å². The Kier molecular flexibility index (Phi) is 4.49. The van der Waals surface area contributed by atoms with Gasteiger partial charge in [-0.2, -0.15) is 0 Å². The highest BCUT2D eigenvalue weighted by Crippen LogP contribution is 2.31. The number of amides is 3. The molecule has 0 bridgehead atoms. The first-order valence-corrected chi connectivity index (χ1v) is 9.30. The molecule has 0 radical (unpaired) electrons. The lowest BCUT2D eigenvalue weighted by molar-refractivity contribution is -0.131. The molecule has 1 saturated heterocycles. The van der Waals surface area contributed by atoms with E-state index in [0.717, 1.165) is 17.0 Å². The molecule has 148 valence electrons. The number of carbonyl (C=O) groups is 2. The number of benzene rings is 2. The van der Waals surface area contributed by atoms with Crippen molar-refractivity contribution in [3.63, 3.8) is 0 Å². The van der Waals surface area contributed by atoms with Crippen LogP contribution in [0.4, 0.5) is 13.6 Å². The number of hydrogen-bond donors (Lipinski definition) is 1. The molecule has 3 amide bonds. The second-order valence-electron chi connectivity index (χ2n) is 6.81. The number of nitrogens with one attached hydrogen (secondary N) is 1. The molecule has 0 spiro atoms. The van der Waals surface area contributed by atoms with Crippen molar-refractivity contribution in [1.82, 2.24) is 10.2 Å². The van der Waals surface area contributed by atoms with Crippen molar-refractivity contribution in [2.75, 3.05) is 0 Å². The molecule has 6 nitrogen and oxygen atoms in total. The van der Waals surface area contributed by atoms with Crippen LogP contribution in [0.3, 0.4) is 0 Å². The van der Waals surface area contributed by atoms with Crippen molar-refractivity contribution < 1.29 is 22.8 Å². The highest BCUT2D eigenvalue weighted by molar-refractivity contribution is 9.10. The highest BCUT2D eigenvalue weighted by Gasteiger charge is 2.49. The van der Waals surface area contributed by atoms with Gasteiger partial charge in [0, 0.05) is 15.9 Å². The average Bonchev–Trinajstić information content (AvgIpc) is 2.87. The van der Waals surface area contributed by atoms with E-state index in [1.54, 1.807) is 18.2 Å². The van der Waals surface area contributed by atoms with Crippen LogP contribution in [0, 0.1) is 11.6 Å². The summed E-state index contributed by atoms with van der Waals surface area (Å²) >= 11 is 3.29. The summed E-state index contributed by atoms with van der Waals surface area (Å²) in [6.45, 7) is 1.22. The number of halogens is 3. The van der Waals surface area contributed by atoms with Crippen molar-refractivity contribution >= 4 is 38.8 Å². The van der Waals surface area contributed by atoms with Gasteiger partial charge in [-0.05, 0) is 48.4 Å². The van der Waals surface area contributed by atoms with Gasteiger partial charge in [0.1, 0.15) is 11.1 Å². The van der Waals surface area contributed by atoms with Crippen molar-refractivity contribution in [3.05, 3.63) is 80.1 Å². The van der Waals surface area contributed by atoms with E-state index in [1.807, 2.05) is 0 Å². The van der Waals surface area contributed by atoms with Gasteiger partial charge in [-0.15, -0.1) is 0 Å². The summed E-state index contributed by atoms with van der Waals surface area (Å²) in [4.78, 5) is 38.4. The van der Waals surface area contributed by atoms with Gasteiger partial charge in [0.2, 0.25) is 0 Å². The van der Waals surface area contributed by atoms with E-state index in [4.69, 9.17) is 4.42 Å². The zero-order valence-corrected chi connectivity index (χ0v) is 16.5. The summed E-state index contributed by atoms with van der Waals surface area (Å²) in [7, 11) is 0. The quantitative estimate of drug-likeness (QED) is 0.474. The standard InChI is InChI=1S/C20H13BrF2N2O4/c1-20(11-2-5-14(22)15(23)7-11)18(27)25(19(28)24-20)9-10-6-17(26)29-16-8-12(21)3-4-13(10)16/h2-8H,9H2,1H3,(H,24,28). The fourth-order valence-electron chi connectivity index (χ4n) is 3.35. The third-order valence-corrected chi connectivity index (χ3v) is 5.39. The van der Waals surface area contributed by atoms with Gasteiger partial charge in [0.05, 0.1) is 6.54 Å². The maximum Gasteiger partial charge on any atom is 0.336 e. The summed E-state index contributed by atoms with van der Waals surface area (Å²) in [5.74, 6) is -2.83. The Morgan fingerprint density at radius 3 is 2.55 bits per heavy atom. The number of urea groups is 1. The molecule has 1 unspecified atom stereocenters. The van der Waals surface area contributed by atoms with E-state index in [-0.39, 0.29) is 12.1 Å². The number of imide groups is 1. The van der Waals surface area contributed by atoms with Crippen LogP contribution in [-0.2, 0) is 16.9 Å². The Morgan fingerprint density at radius 1 is 1.07 bits per heavy atom. The van der Waals surface area contributed by atoms with Crippen LogP contribution >= 0.6 is 15.9 Å². The van der Waals surface area contributed by atoms with Crippen LogP contribution in [0.25, 0.3) is 11.0 Å². The molecule has 2 heterocycles. The van der Waals surface area contributed by atoms with Crippen LogP contribution in [0.1, 0.15) is 18.1 Å². The second-order valence-corrected chi connectivity index (χ2v) is 7.72. The minimum absolute atomic E-state index is 0.110. The zero-order valence-electron chi connectivity index (χ0n) is 15.0. The lowest BCUT2D eigenvalue weighted by atomic mass is 9.92. The van der Waals surface area contributed by atoms with Crippen molar-refractivity contribution in [3.8, 4) is 0 Å². The number of hydrogen-bond acceptors (Lipinski definition) is 4. The maximum atomic E-state index is 13.7. The molecule has 4 rings (SSSR count). The molecule has 1 fully saturated rings. The minimum atomic E-state index is -1.57. The summed E-state index contributed by atoms with van der Waals surface area (Å²) < 4.78 is 32.8. The Morgan fingerprint density at radius 2 is 1.83 bits per heavy atom. The van der Waals surface area contributed by atoms with Gasteiger partial charge in [-0.1, -0.05) is 22.0 Å². The Labute approximate surface area is 171 Å². The van der Waals surface area contributed by atoms with Crippen molar-refractivity contribution in [2.45, 2.75) is 19.0 Å². The first kappa shape index (κ1) is 19.3. The van der Waals surface area contributed by atoms with E-state index < -0.39 is 34.7 Å². The zero-order chi connectivity index (χ0) is 20.9. The number of carbonyl (C=O) groups excluding carboxylic acids is 2. The molecule has 3 aromatic rings.